The number of fused-ring (bicyclic) bond motifs is 3. The highest BCUT2D eigenvalue weighted by molar-refractivity contribution is 6.07. The number of rotatable bonds is 0. The molecule has 0 spiro atoms. The van der Waals surface area contributed by atoms with Crippen molar-refractivity contribution < 1.29 is 4.79 Å². The Labute approximate surface area is 86.3 Å². The van der Waals surface area contributed by atoms with E-state index in [1.807, 2.05) is 36.7 Å². The Morgan fingerprint density at radius 1 is 1.20 bits per heavy atom. The second-order valence-electron chi connectivity index (χ2n) is 3.64. The Balaban J connectivity index is 2.51. The molecule has 0 aliphatic carbocycles. The number of carbonyl (C=O) groups excluding carboxylic acids is 1. The highest BCUT2D eigenvalue weighted by Gasteiger charge is 2.07. The van der Waals surface area contributed by atoms with E-state index in [2.05, 4.69) is 4.98 Å². The predicted molar refractivity (Wildman–Crippen MR) is 60.1 cm³/mol. The van der Waals surface area contributed by atoms with Crippen LogP contribution >= 0.6 is 0 Å². The molecule has 15 heavy (non-hydrogen) atoms. The molecule has 0 saturated heterocycles. The lowest BCUT2D eigenvalue weighted by atomic mass is 10.2. The minimum absolute atomic E-state index is 0.0416. The molecule has 3 heteroatoms. The quantitative estimate of drug-likeness (QED) is 0.592. The number of aromatic nitrogens is 2. The van der Waals surface area contributed by atoms with Crippen LogP contribution in [0.2, 0.25) is 0 Å². The summed E-state index contributed by atoms with van der Waals surface area (Å²) >= 11 is 0. The van der Waals surface area contributed by atoms with Crippen LogP contribution in [0.25, 0.3) is 21.8 Å². The maximum atomic E-state index is 11.3. The fraction of sp³-hybridized carbons (Fsp3) is 0.0833. The molecule has 0 radical (unpaired) electrons. The molecule has 0 amide bonds. The second kappa shape index (κ2) is 2.73. The zero-order valence-electron chi connectivity index (χ0n) is 8.32. The smallest absolute Gasteiger partial charge is 0.227 e. The summed E-state index contributed by atoms with van der Waals surface area (Å²) in [6.45, 7) is 1.57. The van der Waals surface area contributed by atoms with Crippen molar-refractivity contribution in [3.8, 4) is 0 Å². The molecular formula is C12H10N2O. The molecule has 2 aromatic heterocycles. The van der Waals surface area contributed by atoms with Gasteiger partial charge in [0, 0.05) is 35.6 Å². The first kappa shape index (κ1) is 8.29. The Morgan fingerprint density at radius 3 is 2.87 bits per heavy atom. The molecule has 0 aliphatic heterocycles. The van der Waals surface area contributed by atoms with E-state index >= 15 is 0 Å². The molecular weight excluding hydrogens is 188 g/mol. The van der Waals surface area contributed by atoms with Gasteiger partial charge in [0.1, 0.15) is 0 Å². The van der Waals surface area contributed by atoms with Crippen LogP contribution in [0.15, 0.2) is 36.7 Å². The van der Waals surface area contributed by atoms with Gasteiger partial charge >= 0.3 is 0 Å². The van der Waals surface area contributed by atoms with E-state index in [1.54, 1.807) is 11.5 Å². The van der Waals surface area contributed by atoms with Crippen LogP contribution in [0.1, 0.15) is 11.7 Å². The predicted octanol–water partition coefficient (Wildman–Crippen LogP) is 2.78. The lowest BCUT2D eigenvalue weighted by Gasteiger charge is -1.99. The molecule has 0 aliphatic rings. The maximum absolute atomic E-state index is 11.3. The average Bonchev–Trinajstić information content (AvgIpc) is 2.82. The van der Waals surface area contributed by atoms with Gasteiger partial charge in [0.25, 0.3) is 0 Å². The molecule has 0 unspecified atom stereocenters. The van der Waals surface area contributed by atoms with Gasteiger partial charge in [0.05, 0.1) is 5.52 Å². The molecule has 3 aromatic rings. The summed E-state index contributed by atoms with van der Waals surface area (Å²) in [5, 5.41) is 2.27. The third kappa shape index (κ3) is 1.03. The monoisotopic (exact) mass is 198 g/mol. The average molecular weight is 198 g/mol. The van der Waals surface area contributed by atoms with Gasteiger partial charge in [-0.15, -0.1) is 0 Å². The zero-order chi connectivity index (χ0) is 10.4. The highest BCUT2D eigenvalue weighted by Crippen LogP contribution is 2.25. The molecule has 1 N–H and O–H groups in total. The van der Waals surface area contributed by atoms with Crippen LogP contribution in [-0.2, 0) is 0 Å². The summed E-state index contributed by atoms with van der Waals surface area (Å²) in [5.74, 6) is 0.0416. The van der Waals surface area contributed by atoms with Crippen LogP contribution < -0.4 is 0 Å². The number of hydrogen-bond donors (Lipinski definition) is 1. The summed E-state index contributed by atoms with van der Waals surface area (Å²) in [4.78, 5) is 14.5. The summed E-state index contributed by atoms with van der Waals surface area (Å²) in [7, 11) is 0. The lowest BCUT2D eigenvalue weighted by molar-refractivity contribution is 0.0941. The number of aromatic amines is 1. The van der Waals surface area contributed by atoms with E-state index < -0.39 is 0 Å². The first-order valence-electron chi connectivity index (χ1n) is 4.85. The van der Waals surface area contributed by atoms with E-state index in [4.69, 9.17) is 0 Å². The Hall–Kier alpha value is -2.03. The van der Waals surface area contributed by atoms with E-state index in [-0.39, 0.29) is 5.91 Å². The topological polar surface area (TPSA) is 37.8 Å². The van der Waals surface area contributed by atoms with Crippen molar-refractivity contribution in [3.05, 3.63) is 36.7 Å². The molecule has 1 aromatic carbocycles. The van der Waals surface area contributed by atoms with Gasteiger partial charge in [-0.2, -0.15) is 0 Å². The normalized spacial score (nSPS) is 11.3. The third-order valence-corrected chi connectivity index (χ3v) is 2.74. The SMILES string of the molecule is CC(=O)n1ccc2c3cc[nH]c3ccc21. The van der Waals surface area contributed by atoms with Crippen molar-refractivity contribution in [2.45, 2.75) is 6.92 Å². The second-order valence-corrected chi connectivity index (χ2v) is 3.64. The standard InChI is InChI=1S/C12H10N2O/c1-8(15)14-7-5-10-9-4-6-13-11(9)2-3-12(10)14/h2-7,13H,1H3. The minimum atomic E-state index is 0.0416. The van der Waals surface area contributed by atoms with Gasteiger partial charge in [-0.3, -0.25) is 9.36 Å². The fourth-order valence-electron chi connectivity index (χ4n) is 2.03. The molecule has 3 nitrogen and oxygen atoms in total. The van der Waals surface area contributed by atoms with E-state index in [1.165, 1.54) is 0 Å². The van der Waals surface area contributed by atoms with Crippen molar-refractivity contribution in [3.63, 3.8) is 0 Å². The number of H-pyrrole nitrogens is 1. The van der Waals surface area contributed by atoms with Crippen LogP contribution in [0.5, 0.6) is 0 Å². The van der Waals surface area contributed by atoms with Crippen LogP contribution in [0, 0.1) is 0 Å². The number of nitrogens with one attached hydrogen (secondary N) is 1. The van der Waals surface area contributed by atoms with Gasteiger partial charge in [-0.05, 0) is 24.3 Å². The van der Waals surface area contributed by atoms with Crippen molar-refractivity contribution in [2.75, 3.05) is 0 Å². The largest absolute Gasteiger partial charge is 0.361 e. The highest BCUT2D eigenvalue weighted by atomic mass is 16.1. The maximum Gasteiger partial charge on any atom is 0.227 e. The van der Waals surface area contributed by atoms with Gasteiger partial charge in [0.15, 0.2) is 0 Å². The molecule has 2 heterocycles. The van der Waals surface area contributed by atoms with Gasteiger partial charge in [-0.25, -0.2) is 0 Å². The molecule has 74 valence electrons. The molecule has 3 rings (SSSR count). The summed E-state index contributed by atoms with van der Waals surface area (Å²) < 4.78 is 1.67. The van der Waals surface area contributed by atoms with Crippen molar-refractivity contribution in [2.24, 2.45) is 0 Å². The first-order valence-corrected chi connectivity index (χ1v) is 4.85. The van der Waals surface area contributed by atoms with Crippen molar-refractivity contribution in [1.82, 2.24) is 9.55 Å². The van der Waals surface area contributed by atoms with Crippen LogP contribution in [0.3, 0.4) is 0 Å². The molecule has 0 bridgehead atoms. The van der Waals surface area contributed by atoms with Crippen LogP contribution in [-0.4, -0.2) is 15.5 Å². The minimum Gasteiger partial charge on any atom is -0.361 e. The number of nitrogens with zero attached hydrogens (tertiary/aromatic N) is 1. The number of benzene rings is 1. The summed E-state index contributed by atoms with van der Waals surface area (Å²) in [5.41, 5.74) is 2.07. The molecule has 0 atom stereocenters. The van der Waals surface area contributed by atoms with E-state index in [0.717, 1.165) is 21.8 Å². The van der Waals surface area contributed by atoms with Gasteiger partial charge < -0.3 is 4.98 Å². The summed E-state index contributed by atoms with van der Waals surface area (Å²) in [6, 6.07) is 7.97. The van der Waals surface area contributed by atoms with Gasteiger partial charge in [-0.1, -0.05) is 0 Å². The van der Waals surface area contributed by atoms with Crippen LogP contribution in [0.4, 0.5) is 0 Å². The van der Waals surface area contributed by atoms with Gasteiger partial charge in [0.2, 0.25) is 5.91 Å². The number of hydrogen-bond acceptors (Lipinski definition) is 1. The van der Waals surface area contributed by atoms with Crippen molar-refractivity contribution in [1.29, 1.82) is 0 Å². The van der Waals surface area contributed by atoms with E-state index in [0.29, 0.717) is 0 Å². The number of carbonyl (C=O) groups is 1. The first-order chi connectivity index (χ1) is 7.27. The van der Waals surface area contributed by atoms with E-state index in [9.17, 15) is 4.79 Å². The van der Waals surface area contributed by atoms with Crippen molar-refractivity contribution >= 4 is 27.7 Å². The molecule has 0 saturated carbocycles. The lowest BCUT2D eigenvalue weighted by Crippen LogP contribution is -2.02. The third-order valence-electron chi connectivity index (χ3n) is 2.74. The Morgan fingerprint density at radius 2 is 2.07 bits per heavy atom. The fourth-order valence-corrected chi connectivity index (χ4v) is 2.03. The molecule has 0 fully saturated rings. The zero-order valence-corrected chi connectivity index (χ0v) is 8.32. The summed E-state index contributed by atoms with van der Waals surface area (Å²) in [6.07, 6.45) is 3.73. The Bertz CT molecular complexity index is 660. The Kier molecular flexibility index (Phi) is 1.51.